The van der Waals surface area contributed by atoms with Crippen LogP contribution in [0.1, 0.15) is 32.2 Å². The normalized spacial score (nSPS) is 15.0. The predicted molar refractivity (Wildman–Crippen MR) is 123 cm³/mol. The van der Waals surface area contributed by atoms with Crippen molar-refractivity contribution in [2.45, 2.75) is 25.3 Å². The highest BCUT2D eigenvalue weighted by Gasteiger charge is 2.31. The molecule has 32 heavy (non-hydrogen) atoms. The number of carbonyl (C=O) groups is 1. The van der Waals surface area contributed by atoms with E-state index in [1.54, 1.807) is 16.2 Å². The summed E-state index contributed by atoms with van der Waals surface area (Å²) in [7, 11) is -3.66. The van der Waals surface area contributed by atoms with Crippen molar-refractivity contribution in [3.63, 3.8) is 0 Å². The molecule has 0 unspecified atom stereocenters. The van der Waals surface area contributed by atoms with Crippen LogP contribution in [0.2, 0.25) is 0 Å². The van der Waals surface area contributed by atoms with Crippen LogP contribution < -0.4 is 0 Å². The van der Waals surface area contributed by atoms with Crippen LogP contribution in [0.3, 0.4) is 0 Å². The summed E-state index contributed by atoms with van der Waals surface area (Å²) in [6.07, 6.45) is 0. The van der Waals surface area contributed by atoms with Gasteiger partial charge < -0.3 is 9.47 Å². The number of aromatic nitrogens is 1. The van der Waals surface area contributed by atoms with E-state index in [1.807, 2.05) is 37.4 Å². The van der Waals surface area contributed by atoms with E-state index in [2.05, 4.69) is 10.6 Å². The van der Waals surface area contributed by atoms with E-state index < -0.39 is 10.0 Å². The minimum atomic E-state index is -3.66. The summed E-state index contributed by atoms with van der Waals surface area (Å²) in [5.74, 6) is -0.0639. The Morgan fingerprint density at radius 3 is 2.38 bits per heavy atom. The van der Waals surface area contributed by atoms with E-state index in [-0.39, 0.29) is 23.9 Å². The maximum atomic E-state index is 13.2. The third-order valence-electron chi connectivity index (χ3n) is 5.85. The van der Waals surface area contributed by atoms with Crippen molar-refractivity contribution >= 4 is 27.3 Å². The minimum Gasteiger partial charge on any atom is -0.343 e. The molecule has 1 aromatic carbocycles. The Morgan fingerprint density at radius 2 is 1.78 bits per heavy atom. The Morgan fingerprint density at radius 1 is 1.09 bits per heavy atom. The molecule has 1 amide bonds. The molecular formula is C23H24N4O3S2. The number of piperazine rings is 1. The van der Waals surface area contributed by atoms with Gasteiger partial charge in [0.15, 0.2) is 0 Å². The van der Waals surface area contributed by atoms with Gasteiger partial charge in [-0.15, -0.1) is 11.3 Å². The van der Waals surface area contributed by atoms with Gasteiger partial charge in [-0.25, -0.2) is 8.42 Å². The van der Waals surface area contributed by atoms with Gasteiger partial charge in [0.05, 0.1) is 28.6 Å². The summed E-state index contributed by atoms with van der Waals surface area (Å²) >= 11 is 1.69. The first-order chi connectivity index (χ1) is 15.3. The second-order valence-electron chi connectivity index (χ2n) is 7.78. The van der Waals surface area contributed by atoms with Crippen molar-refractivity contribution in [3.8, 4) is 6.07 Å². The van der Waals surface area contributed by atoms with Crippen molar-refractivity contribution in [1.82, 2.24) is 13.8 Å². The van der Waals surface area contributed by atoms with E-state index in [0.717, 1.165) is 17.9 Å². The summed E-state index contributed by atoms with van der Waals surface area (Å²) < 4.78 is 29.4. The SMILES string of the molecule is Cc1cc(C(=O)N2CCN(S(=O)(=O)c3ccc(C#N)cc3)CC2)c(C)n1Cc1cccs1. The molecule has 4 rings (SSSR count). The highest BCUT2D eigenvalue weighted by molar-refractivity contribution is 7.89. The molecule has 0 N–H and O–H groups in total. The molecule has 166 valence electrons. The number of carbonyl (C=O) groups excluding carboxylic acids is 1. The number of rotatable bonds is 5. The lowest BCUT2D eigenvalue weighted by Gasteiger charge is -2.34. The smallest absolute Gasteiger partial charge is 0.255 e. The lowest BCUT2D eigenvalue weighted by molar-refractivity contribution is 0.0697. The number of aryl methyl sites for hydroxylation is 1. The average molecular weight is 469 g/mol. The Hall–Kier alpha value is -2.93. The number of nitrogens with zero attached hydrogens (tertiary/aromatic N) is 4. The number of thiophene rings is 1. The number of sulfonamides is 1. The lowest BCUT2D eigenvalue weighted by Crippen LogP contribution is -2.50. The number of nitriles is 1. The largest absolute Gasteiger partial charge is 0.343 e. The Bertz CT molecular complexity index is 1260. The van der Waals surface area contributed by atoms with Crippen molar-refractivity contribution in [1.29, 1.82) is 5.26 Å². The first kappa shape index (κ1) is 22.3. The van der Waals surface area contributed by atoms with Crippen LogP contribution in [-0.4, -0.2) is 54.3 Å². The van der Waals surface area contributed by atoms with Crippen LogP contribution in [0.15, 0.2) is 52.7 Å². The topological polar surface area (TPSA) is 86.4 Å². The Labute approximate surface area is 192 Å². The number of amides is 1. The van der Waals surface area contributed by atoms with Crippen molar-refractivity contribution in [2.24, 2.45) is 0 Å². The Balaban J connectivity index is 1.45. The fourth-order valence-electron chi connectivity index (χ4n) is 3.97. The number of benzene rings is 1. The van der Waals surface area contributed by atoms with Crippen LogP contribution in [0, 0.1) is 25.2 Å². The zero-order valence-corrected chi connectivity index (χ0v) is 19.6. The molecule has 0 spiro atoms. The molecule has 1 fully saturated rings. The van der Waals surface area contributed by atoms with Crippen molar-refractivity contribution in [3.05, 3.63) is 75.2 Å². The van der Waals surface area contributed by atoms with Gasteiger partial charge in [-0.05, 0) is 55.6 Å². The van der Waals surface area contributed by atoms with Gasteiger partial charge in [-0.2, -0.15) is 9.57 Å². The van der Waals surface area contributed by atoms with E-state index in [1.165, 1.54) is 33.4 Å². The molecule has 0 saturated carbocycles. The number of hydrogen-bond acceptors (Lipinski definition) is 5. The van der Waals surface area contributed by atoms with Crippen LogP contribution >= 0.6 is 11.3 Å². The summed E-state index contributed by atoms with van der Waals surface area (Å²) in [6.45, 7) is 5.84. The van der Waals surface area contributed by atoms with Crippen LogP contribution in [0.25, 0.3) is 0 Å². The van der Waals surface area contributed by atoms with Crippen LogP contribution in [-0.2, 0) is 16.6 Å². The van der Waals surface area contributed by atoms with Gasteiger partial charge >= 0.3 is 0 Å². The second kappa shape index (κ2) is 8.90. The molecule has 9 heteroatoms. The van der Waals surface area contributed by atoms with Gasteiger partial charge in [0.1, 0.15) is 0 Å². The fraction of sp³-hybridized carbons (Fsp3) is 0.304. The molecule has 7 nitrogen and oxygen atoms in total. The standard InChI is InChI=1S/C23H24N4O3S2/c1-17-14-22(18(2)27(17)16-20-4-3-13-31-20)23(28)25-9-11-26(12-10-25)32(29,30)21-7-5-19(15-24)6-8-21/h3-8,13-14H,9-12,16H2,1-2H3. The highest BCUT2D eigenvalue weighted by Crippen LogP contribution is 2.23. The molecular weight excluding hydrogens is 444 g/mol. The van der Waals surface area contributed by atoms with Gasteiger partial charge in [-0.1, -0.05) is 6.07 Å². The fourth-order valence-corrected chi connectivity index (χ4v) is 6.09. The quantitative estimate of drug-likeness (QED) is 0.575. The monoisotopic (exact) mass is 468 g/mol. The van der Waals surface area contributed by atoms with Gasteiger partial charge in [0.2, 0.25) is 10.0 Å². The van der Waals surface area contributed by atoms with E-state index >= 15 is 0 Å². The molecule has 3 aromatic rings. The summed E-state index contributed by atoms with van der Waals surface area (Å²) in [6, 6.07) is 13.9. The zero-order valence-electron chi connectivity index (χ0n) is 18.0. The molecule has 0 radical (unpaired) electrons. The average Bonchev–Trinajstić information content (AvgIpc) is 3.42. The molecule has 0 aliphatic carbocycles. The van der Waals surface area contributed by atoms with Gasteiger partial charge in [-0.3, -0.25) is 4.79 Å². The van der Waals surface area contributed by atoms with Crippen LogP contribution in [0.4, 0.5) is 0 Å². The lowest BCUT2D eigenvalue weighted by atomic mass is 10.2. The first-order valence-corrected chi connectivity index (χ1v) is 12.6. The van der Waals surface area contributed by atoms with E-state index in [0.29, 0.717) is 24.2 Å². The third-order valence-corrected chi connectivity index (χ3v) is 8.62. The van der Waals surface area contributed by atoms with Gasteiger partial charge in [0, 0.05) is 42.4 Å². The maximum Gasteiger partial charge on any atom is 0.255 e. The molecule has 3 heterocycles. The maximum absolute atomic E-state index is 13.2. The molecule has 0 atom stereocenters. The van der Waals surface area contributed by atoms with Crippen molar-refractivity contribution < 1.29 is 13.2 Å². The predicted octanol–water partition coefficient (Wildman–Crippen LogP) is 3.23. The molecule has 1 aliphatic heterocycles. The summed E-state index contributed by atoms with van der Waals surface area (Å²) in [4.78, 5) is 16.3. The number of hydrogen-bond donors (Lipinski definition) is 0. The van der Waals surface area contributed by atoms with E-state index in [4.69, 9.17) is 5.26 Å². The summed E-state index contributed by atoms with van der Waals surface area (Å²) in [5.41, 5.74) is 3.04. The first-order valence-electron chi connectivity index (χ1n) is 10.3. The Kier molecular flexibility index (Phi) is 6.20. The van der Waals surface area contributed by atoms with Gasteiger partial charge in [0.25, 0.3) is 5.91 Å². The van der Waals surface area contributed by atoms with Crippen molar-refractivity contribution in [2.75, 3.05) is 26.2 Å². The molecule has 1 aliphatic rings. The second-order valence-corrected chi connectivity index (χ2v) is 10.8. The molecule has 0 bridgehead atoms. The third kappa shape index (κ3) is 4.21. The van der Waals surface area contributed by atoms with E-state index in [9.17, 15) is 13.2 Å². The highest BCUT2D eigenvalue weighted by atomic mass is 32.2. The van der Waals surface area contributed by atoms with Crippen LogP contribution in [0.5, 0.6) is 0 Å². The zero-order chi connectivity index (χ0) is 22.9. The summed E-state index contributed by atoms with van der Waals surface area (Å²) in [5, 5.41) is 11.0. The molecule has 2 aromatic heterocycles. The molecule has 1 saturated heterocycles. The minimum absolute atomic E-state index is 0.0639.